The standard InChI is InChI=1S/C22H23NO4/c1-14(2)13-27-18-10-8-17(9-11-18)19-20(24)22(26)23(21(19)25)12-16-6-4-15(3)5-7-16/h4-11,14,24H,12-13H2,1-3H3. The van der Waals surface area contributed by atoms with Gasteiger partial charge in [0.15, 0.2) is 5.76 Å². The molecule has 0 spiro atoms. The average molecular weight is 365 g/mol. The highest BCUT2D eigenvalue weighted by Gasteiger charge is 2.39. The number of aliphatic hydroxyl groups excluding tert-OH is 1. The third kappa shape index (κ3) is 4.03. The predicted octanol–water partition coefficient (Wildman–Crippen LogP) is 3.87. The van der Waals surface area contributed by atoms with E-state index in [2.05, 4.69) is 13.8 Å². The molecule has 2 amide bonds. The molecule has 5 heteroatoms. The van der Waals surface area contributed by atoms with Gasteiger partial charge in [-0.05, 0) is 36.1 Å². The van der Waals surface area contributed by atoms with Crippen molar-refractivity contribution in [3.05, 3.63) is 71.0 Å². The number of carbonyl (C=O) groups excluding carboxylic acids is 2. The van der Waals surface area contributed by atoms with Crippen LogP contribution >= 0.6 is 0 Å². The first-order valence-corrected chi connectivity index (χ1v) is 8.95. The smallest absolute Gasteiger partial charge is 0.296 e. The SMILES string of the molecule is Cc1ccc(CN2C(=O)C(O)=C(c3ccc(OCC(C)C)cc3)C2=O)cc1. The Labute approximate surface area is 158 Å². The predicted molar refractivity (Wildman–Crippen MR) is 103 cm³/mol. The van der Waals surface area contributed by atoms with Crippen LogP contribution in [0.15, 0.2) is 54.3 Å². The van der Waals surface area contributed by atoms with Crippen molar-refractivity contribution in [2.24, 2.45) is 5.92 Å². The van der Waals surface area contributed by atoms with Crippen LogP contribution in [0.5, 0.6) is 5.75 Å². The van der Waals surface area contributed by atoms with Crippen LogP contribution in [0.3, 0.4) is 0 Å². The highest BCUT2D eigenvalue weighted by Crippen LogP contribution is 2.30. The molecule has 1 aliphatic rings. The number of hydrogen-bond acceptors (Lipinski definition) is 4. The summed E-state index contributed by atoms with van der Waals surface area (Å²) in [5.74, 6) is -0.589. The van der Waals surface area contributed by atoms with Crippen LogP contribution < -0.4 is 4.74 Å². The molecule has 2 aromatic carbocycles. The number of amides is 2. The number of ether oxygens (including phenoxy) is 1. The maximum Gasteiger partial charge on any atom is 0.296 e. The summed E-state index contributed by atoms with van der Waals surface area (Å²) in [5.41, 5.74) is 2.45. The largest absolute Gasteiger partial charge is 0.502 e. The van der Waals surface area contributed by atoms with Crippen molar-refractivity contribution in [1.29, 1.82) is 0 Å². The van der Waals surface area contributed by atoms with Gasteiger partial charge in [0.1, 0.15) is 5.75 Å². The van der Waals surface area contributed by atoms with Gasteiger partial charge < -0.3 is 9.84 Å². The summed E-state index contributed by atoms with van der Waals surface area (Å²) in [4.78, 5) is 26.2. The second-order valence-electron chi connectivity index (χ2n) is 7.13. The molecule has 0 aromatic heterocycles. The summed E-state index contributed by atoms with van der Waals surface area (Å²) < 4.78 is 5.63. The van der Waals surface area contributed by atoms with E-state index in [1.165, 1.54) is 0 Å². The topological polar surface area (TPSA) is 66.8 Å². The lowest BCUT2D eigenvalue weighted by atomic mass is 10.1. The fourth-order valence-electron chi connectivity index (χ4n) is 2.82. The molecule has 140 valence electrons. The van der Waals surface area contributed by atoms with Crippen molar-refractivity contribution in [1.82, 2.24) is 4.90 Å². The van der Waals surface area contributed by atoms with Gasteiger partial charge in [0.05, 0.1) is 18.7 Å². The molecule has 0 unspecified atom stereocenters. The molecule has 0 fully saturated rings. The van der Waals surface area contributed by atoms with E-state index in [-0.39, 0.29) is 12.1 Å². The van der Waals surface area contributed by atoms with Crippen molar-refractivity contribution in [2.45, 2.75) is 27.3 Å². The third-order valence-electron chi connectivity index (χ3n) is 4.33. The minimum atomic E-state index is -0.671. The summed E-state index contributed by atoms with van der Waals surface area (Å²) in [5, 5.41) is 10.3. The molecule has 0 radical (unpaired) electrons. The number of nitrogens with zero attached hydrogens (tertiary/aromatic N) is 1. The Kier molecular flexibility index (Phi) is 5.31. The second kappa shape index (κ2) is 7.66. The molecular weight excluding hydrogens is 342 g/mol. The normalized spacial score (nSPS) is 14.4. The van der Waals surface area contributed by atoms with Crippen LogP contribution in [-0.4, -0.2) is 28.4 Å². The molecule has 2 aromatic rings. The lowest BCUT2D eigenvalue weighted by molar-refractivity contribution is -0.138. The molecule has 0 aliphatic carbocycles. The van der Waals surface area contributed by atoms with Gasteiger partial charge in [-0.15, -0.1) is 0 Å². The van der Waals surface area contributed by atoms with Gasteiger partial charge >= 0.3 is 0 Å². The zero-order chi connectivity index (χ0) is 19.6. The highest BCUT2D eigenvalue weighted by molar-refractivity contribution is 6.34. The van der Waals surface area contributed by atoms with E-state index >= 15 is 0 Å². The number of carbonyl (C=O) groups is 2. The van der Waals surface area contributed by atoms with E-state index in [0.717, 1.165) is 16.0 Å². The first kappa shape index (κ1) is 18.7. The van der Waals surface area contributed by atoms with Crippen LogP contribution in [0.2, 0.25) is 0 Å². The number of rotatable bonds is 6. The number of hydrogen-bond donors (Lipinski definition) is 1. The van der Waals surface area contributed by atoms with Crippen molar-refractivity contribution >= 4 is 17.4 Å². The van der Waals surface area contributed by atoms with E-state index in [1.807, 2.05) is 31.2 Å². The lowest BCUT2D eigenvalue weighted by Gasteiger charge is -2.15. The zero-order valence-electron chi connectivity index (χ0n) is 15.7. The van der Waals surface area contributed by atoms with Gasteiger partial charge in [-0.2, -0.15) is 0 Å². The lowest BCUT2D eigenvalue weighted by Crippen LogP contribution is -2.31. The van der Waals surface area contributed by atoms with Gasteiger partial charge in [-0.1, -0.05) is 55.8 Å². The monoisotopic (exact) mass is 365 g/mol. The number of aliphatic hydroxyl groups is 1. The molecule has 0 saturated carbocycles. The third-order valence-corrected chi connectivity index (χ3v) is 4.33. The minimum Gasteiger partial charge on any atom is -0.502 e. The summed E-state index contributed by atoms with van der Waals surface area (Å²) in [7, 11) is 0. The first-order valence-electron chi connectivity index (χ1n) is 8.95. The molecule has 0 bridgehead atoms. The summed E-state index contributed by atoms with van der Waals surface area (Å²) >= 11 is 0. The molecule has 1 N–H and O–H groups in total. The van der Waals surface area contributed by atoms with Crippen molar-refractivity contribution in [2.75, 3.05) is 6.61 Å². The van der Waals surface area contributed by atoms with Gasteiger partial charge in [0.2, 0.25) is 0 Å². The van der Waals surface area contributed by atoms with Gasteiger partial charge in [0, 0.05) is 0 Å². The molecular formula is C22H23NO4. The van der Waals surface area contributed by atoms with Gasteiger partial charge in [0.25, 0.3) is 11.8 Å². The number of imide groups is 1. The Morgan fingerprint density at radius 2 is 1.59 bits per heavy atom. The quantitative estimate of drug-likeness (QED) is 0.789. The van der Waals surface area contributed by atoms with Gasteiger partial charge in [-0.3, -0.25) is 14.5 Å². The fraction of sp³-hybridized carbons (Fsp3) is 0.273. The zero-order valence-corrected chi connectivity index (χ0v) is 15.7. The number of benzene rings is 2. The minimum absolute atomic E-state index is 0.0301. The van der Waals surface area contributed by atoms with E-state index in [0.29, 0.717) is 23.8 Å². The summed E-state index contributed by atoms with van der Waals surface area (Å²) in [6.07, 6.45) is 0. The Balaban J connectivity index is 1.78. The Morgan fingerprint density at radius 3 is 2.19 bits per heavy atom. The molecule has 1 aliphatic heterocycles. The van der Waals surface area contributed by atoms with Crippen molar-refractivity contribution in [3.8, 4) is 5.75 Å². The highest BCUT2D eigenvalue weighted by atomic mass is 16.5. The maximum absolute atomic E-state index is 12.8. The number of aryl methyl sites for hydroxylation is 1. The fourth-order valence-corrected chi connectivity index (χ4v) is 2.82. The molecule has 3 rings (SSSR count). The second-order valence-corrected chi connectivity index (χ2v) is 7.13. The maximum atomic E-state index is 12.8. The Morgan fingerprint density at radius 1 is 0.963 bits per heavy atom. The van der Waals surface area contributed by atoms with E-state index < -0.39 is 17.6 Å². The van der Waals surface area contributed by atoms with Crippen LogP contribution in [0.4, 0.5) is 0 Å². The molecule has 0 saturated heterocycles. The summed E-state index contributed by atoms with van der Waals surface area (Å²) in [6, 6.07) is 14.4. The van der Waals surface area contributed by atoms with E-state index in [9.17, 15) is 14.7 Å². The Hall–Kier alpha value is -3.08. The van der Waals surface area contributed by atoms with E-state index in [1.54, 1.807) is 24.3 Å². The van der Waals surface area contributed by atoms with Crippen LogP contribution in [-0.2, 0) is 16.1 Å². The van der Waals surface area contributed by atoms with Crippen molar-refractivity contribution < 1.29 is 19.4 Å². The van der Waals surface area contributed by atoms with Crippen molar-refractivity contribution in [3.63, 3.8) is 0 Å². The van der Waals surface area contributed by atoms with Gasteiger partial charge in [-0.25, -0.2) is 0 Å². The van der Waals surface area contributed by atoms with Crippen LogP contribution in [0.25, 0.3) is 5.57 Å². The van der Waals surface area contributed by atoms with Crippen LogP contribution in [0.1, 0.15) is 30.5 Å². The molecule has 1 heterocycles. The van der Waals surface area contributed by atoms with Crippen LogP contribution in [0, 0.1) is 12.8 Å². The Bertz CT molecular complexity index is 880. The summed E-state index contributed by atoms with van der Waals surface area (Å²) in [6.45, 7) is 6.80. The average Bonchev–Trinajstić information content (AvgIpc) is 2.86. The first-order chi connectivity index (χ1) is 12.9. The molecule has 27 heavy (non-hydrogen) atoms. The molecule has 5 nitrogen and oxygen atoms in total. The molecule has 0 atom stereocenters. The van der Waals surface area contributed by atoms with E-state index in [4.69, 9.17) is 4.74 Å².